The van der Waals surface area contributed by atoms with Gasteiger partial charge in [0.05, 0.1) is 13.7 Å². The second-order valence-electron chi connectivity index (χ2n) is 7.54. The van der Waals surface area contributed by atoms with Gasteiger partial charge in [-0.05, 0) is 45.2 Å². The van der Waals surface area contributed by atoms with Crippen LogP contribution in [0.5, 0.6) is 0 Å². The second-order valence-corrected chi connectivity index (χ2v) is 7.54. The molecule has 6 aromatic carbocycles. The van der Waals surface area contributed by atoms with Crippen LogP contribution in [0.1, 0.15) is 13.7 Å². The van der Waals surface area contributed by atoms with Crippen LogP contribution in [0.3, 0.4) is 0 Å². The maximum atomic E-state index is 8.48. The van der Waals surface area contributed by atoms with E-state index < -0.39 is 36.3 Å². The highest BCUT2D eigenvalue weighted by Crippen LogP contribution is 2.38. The number of rotatable bonds is 4. The molecule has 0 amide bonds. The van der Waals surface area contributed by atoms with Crippen LogP contribution in [0.15, 0.2) is 133 Å². The Morgan fingerprint density at radius 3 is 1.24 bits per heavy atom. The van der Waals surface area contributed by atoms with Gasteiger partial charge in [0, 0.05) is 22.1 Å². The number of fused-ring (bicyclic) bond motifs is 2. The van der Waals surface area contributed by atoms with Crippen LogP contribution in [-0.4, -0.2) is 0 Å². The van der Waals surface area contributed by atoms with E-state index in [0.29, 0.717) is 33.3 Å². The van der Waals surface area contributed by atoms with Crippen molar-refractivity contribution in [3.63, 3.8) is 0 Å². The van der Waals surface area contributed by atoms with E-state index in [2.05, 4.69) is 5.32 Å². The first-order valence-electron chi connectivity index (χ1n) is 15.5. The van der Waals surface area contributed by atoms with Gasteiger partial charge in [-0.25, -0.2) is 0 Å². The van der Waals surface area contributed by atoms with Crippen molar-refractivity contribution in [3.8, 4) is 22.3 Å². The van der Waals surface area contributed by atoms with Crippen molar-refractivity contribution < 1.29 is 13.7 Å². The SMILES string of the molecule is [2H]c1c([2H])c([2H])c(-c2ccc(Nc3ccc(-c4c([2H])c([2H])c([2H])c([2H])c4[2H])c4ccccc34)c3ccccc23)c([2H])c1[2H]. The molecule has 1 nitrogen and oxygen atoms in total. The topological polar surface area (TPSA) is 12.0 Å². The van der Waals surface area contributed by atoms with Gasteiger partial charge in [0.25, 0.3) is 0 Å². The van der Waals surface area contributed by atoms with Gasteiger partial charge in [0.15, 0.2) is 0 Å². The molecule has 33 heavy (non-hydrogen) atoms. The predicted molar refractivity (Wildman–Crippen MR) is 142 cm³/mol. The molecule has 156 valence electrons. The molecule has 0 aliphatic rings. The molecule has 1 N–H and O–H groups in total. The highest BCUT2D eigenvalue weighted by molar-refractivity contribution is 6.08. The Morgan fingerprint density at radius 2 is 0.818 bits per heavy atom. The molecule has 0 unspecified atom stereocenters. The Labute approximate surface area is 208 Å². The molecule has 0 spiro atoms. The fourth-order valence-electron chi connectivity index (χ4n) is 4.17. The van der Waals surface area contributed by atoms with Gasteiger partial charge in [0.2, 0.25) is 0 Å². The third-order valence-corrected chi connectivity index (χ3v) is 5.66. The van der Waals surface area contributed by atoms with E-state index >= 15 is 0 Å². The fourth-order valence-corrected chi connectivity index (χ4v) is 4.17. The molecular weight excluding hydrogens is 398 g/mol. The number of hydrogen-bond acceptors (Lipinski definition) is 1. The first-order valence-corrected chi connectivity index (χ1v) is 10.5. The maximum absolute atomic E-state index is 8.48. The smallest absolute Gasteiger partial charge is 0.0629 e. The minimum Gasteiger partial charge on any atom is -0.355 e. The maximum Gasteiger partial charge on any atom is 0.0629 e. The zero-order valence-corrected chi connectivity index (χ0v) is 17.4. The molecular formula is C32H23N. The summed E-state index contributed by atoms with van der Waals surface area (Å²) in [6, 6.07) is 18.4. The largest absolute Gasteiger partial charge is 0.355 e. The molecule has 0 aliphatic heterocycles. The van der Waals surface area contributed by atoms with Crippen molar-refractivity contribution in [2.24, 2.45) is 0 Å². The zero-order valence-electron chi connectivity index (χ0n) is 27.4. The van der Waals surface area contributed by atoms with E-state index in [-0.39, 0.29) is 35.3 Å². The van der Waals surface area contributed by atoms with Crippen LogP contribution >= 0.6 is 0 Å². The van der Waals surface area contributed by atoms with Crippen molar-refractivity contribution in [1.29, 1.82) is 0 Å². The van der Waals surface area contributed by atoms with Gasteiger partial charge in [-0.2, -0.15) is 0 Å². The molecule has 0 bridgehead atoms. The number of nitrogens with one attached hydrogen (secondary N) is 1. The summed E-state index contributed by atoms with van der Waals surface area (Å²) in [6.07, 6.45) is 0. The monoisotopic (exact) mass is 431 g/mol. The molecule has 0 aromatic heterocycles. The summed E-state index contributed by atoms with van der Waals surface area (Å²) < 4.78 is 82.3. The molecule has 0 saturated carbocycles. The third kappa shape index (κ3) is 3.54. The van der Waals surface area contributed by atoms with Crippen LogP contribution < -0.4 is 5.32 Å². The second kappa shape index (κ2) is 8.29. The van der Waals surface area contributed by atoms with Gasteiger partial charge in [0.1, 0.15) is 0 Å². The quantitative estimate of drug-likeness (QED) is 0.293. The molecule has 0 radical (unpaired) electrons. The lowest BCUT2D eigenvalue weighted by Crippen LogP contribution is -1.95. The Balaban J connectivity index is 1.52. The average Bonchev–Trinajstić information content (AvgIpc) is 3.02. The Bertz CT molecular complexity index is 1910. The minimum absolute atomic E-state index is 0.127. The molecule has 6 rings (SSSR count). The lowest BCUT2D eigenvalue weighted by Gasteiger charge is -2.16. The van der Waals surface area contributed by atoms with Crippen molar-refractivity contribution >= 4 is 32.9 Å². The summed E-state index contributed by atoms with van der Waals surface area (Å²) in [4.78, 5) is 0. The standard InChI is InChI=1S/C32H23N/c1-3-11-23(12-4-1)25-19-21-31(29-17-9-7-15-27(25)29)33-32-22-20-26(24-13-5-2-6-14-24)28-16-8-10-18-30(28)32/h1-22,33H/i1D,2D,3D,4D,5D,6D,11D,12D,13D,14D. The number of anilines is 2. The third-order valence-electron chi connectivity index (χ3n) is 5.66. The summed E-state index contributed by atoms with van der Waals surface area (Å²) in [5, 5.41) is 6.41. The van der Waals surface area contributed by atoms with Gasteiger partial charge in [-0.15, -0.1) is 0 Å². The van der Waals surface area contributed by atoms with Crippen LogP contribution in [0.2, 0.25) is 0 Å². The zero-order chi connectivity index (χ0) is 30.7. The summed E-state index contributed by atoms with van der Waals surface area (Å²) in [6.45, 7) is 0. The van der Waals surface area contributed by atoms with E-state index in [1.54, 1.807) is 24.3 Å². The van der Waals surface area contributed by atoms with E-state index in [0.717, 1.165) is 10.8 Å². The van der Waals surface area contributed by atoms with E-state index in [1.165, 1.54) is 0 Å². The van der Waals surface area contributed by atoms with Gasteiger partial charge in [-0.1, -0.05) is 121 Å². The highest BCUT2D eigenvalue weighted by Gasteiger charge is 2.11. The van der Waals surface area contributed by atoms with Crippen molar-refractivity contribution in [1.82, 2.24) is 0 Å². The molecule has 0 fully saturated rings. The van der Waals surface area contributed by atoms with E-state index in [4.69, 9.17) is 13.7 Å². The van der Waals surface area contributed by atoms with Gasteiger partial charge >= 0.3 is 0 Å². The lowest BCUT2D eigenvalue weighted by molar-refractivity contribution is 1.59. The van der Waals surface area contributed by atoms with Crippen LogP contribution in [0.25, 0.3) is 43.8 Å². The Kier molecular flexibility index (Phi) is 2.89. The first kappa shape index (κ1) is 11.5. The van der Waals surface area contributed by atoms with E-state index in [9.17, 15) is 0 Å². The van der Waals surface area contributed by atoms with Crippen molar-refractivity contribution in [2.45, 2.75) is 0 Å². The number of hydrogen-bond donors (Lipinski definition) is 1. The normalized spacial score (nSPS) is 15.3. The average molecular weight is 432 g/mol. The first-order chi connectivity index (χ1) is 20.5. The Morgan fingerprint density at radius 1 is 0.424 bits per heavy atom. The van der Waals surface area contributed by atoms with Crippen LogP contribution in [-0.2, 0) is 0 Å². The predicted octanol–water partition coefficient (Wildman–Crippen LogP) is 9.07. The molecule has 6 aromatic rings. The highest BCUT2D eigenvalue weighted by atomic mass is 14.9. The Hall–Kier alpha value is -4.36. The van der Waals surface area contributed by atoms with Gasteiger partial charge in [-0.3, -0.25) is 0 Å². The molecule has 0 atom stereocenters. The summed E-state index contributed by atoms with van der Waals surface area (Å²) >= 11 is 0. The van der Waals surface area contributed by atoms with Gasteiger partial charge < -0.3 is 5.32 Å². The lowest BCUT2D eigenvalue weighted by atomic mass is 9.96. The molecule has 0 aliphatic carbocycles. The summed E-state index contributed by atoms with van der Waals surface area (Å²) in [5.41, 5.74) is 2.71. The van der Waals surface area contributed by atoms with E-state index in [1.807, 2.05) is 48.5 Å². The van der Waals surface area contributed by atoms with Crippen LogP contribution in [0, 0.1) is 0 Å². The van der Waals surface area contributed by atoms with Crippen molar-refractivity contribution in [2.75, 3.05) is 5.32 Å². The molecule has 1 heteroatoms. The number of benzene rings is 6. The molecule has 0 saturated heterocycles. The fraction of sp³-hybridized carbons (Fsp3) is 0. The molecule has 0 heterocycles. The van der Waals surface area contributed by atoms with Crippen molar-refractivity contribution in [3.05, 3.63) is 133 Å². The minimum atomic E-state index is -0.444. The van der Waals surface area contributed by atoms with Crippen LogP contribution in [0.4, 0.5) is 11.4 Å². The summed E-state index contributed by atoms with van der Waals surface area (Å²) in [7, 11) is 0. The summed E-state index contributed by atoms with van der Waals surface area (Å²) in [5.74, 6) is 0.